The SMILES string of the molecule is CC1CCC(COc2cc(F)ccc2C(C)N)O1. The minimum absolute atomic E-state index is 0.101. The van der Waals surface area contributed by atoms with Crippen LogP contribution in [0.25, 0.3) is 0 Å². The fourth-order valence-corrected chi connectivity index (χ4v) is 2.20. The van der Waals surface area contributed by atoms with Gasteiger partial charge in [0.15, 0.2) is 0 Å². The topological polar surface area (TPSA) is 44.5 Å². The van der Waals surface area contributed by atoms with Crippen molar-refractivity contribution in [2.45, 2.75) is 44.9 Å². The summed E-state index contributed by atoms with van der Waals surface area (Å²) >= 11 is 0. The van der Waals surface area contributed by atoms with Crippen LogP contribution in [0.3, 0.4) is 0 Å². The molecule has 100 valence electrons. The molecule has 0 aliphatic carbocycles. The Hall–Kier alpha value is -1.13. The molecule has 3 nitrogen and oxygen atoms in total. The van der Waals surface area contributed by atoms with Gasteiger partial charge in [0.1, 0.15) is 18.2 Å². The van der Waals surface area contributed by atoms with E-state index in [4.69, 9.17) is 15.2 Å². The molecule has 1 aliphatic heterocycles. The predicted molar refractivity (Wildman–Crippen MR) is 68.1 cm³/mol. The standard InChI is InChI=1S/C14H20FNO2/c1-9-3-5-12(18-9)8-17-14-7-11(15)4-6-13(14)10(2)16/h4,6-7,9-10,12H,3,5,8,16H2,1-2H3. The molecule has 0 bridgehead atoms. The molecule has 0 aromatic heterocycles. The van der Waals surface area contributed by atoms with Crippen molar-refractivity contribution in [2.24, 2.45) is 5.73 Å². The maximum absolute atomic E-state index is 13.2. The Labute approximate surface area is 107 Å². The molecule has 1 aromatic rings. The van der Waals surface area contributed by atoms with Crippen LogP contribution in [-0.4, -0.2) is 18.8 Å². The lowest BCUT2D eigenvalue weighted by Crippen LogP contribution is -2.19. The zero-order valence-corrected chi connectivity index (χ0v) is 10.9. The third-order valence-corrected chi connectivity index (χ3v) is 3.21. The van der Waals surface area contributed by atoms with Gasteiger partial charge in [-0.3, -0.25) is 0 Å². The van der Waals surface area contributed by atoms with Gasteiger partial charge in [-0.05, 0) is 32.8 Å². The maximum atomic E-state index is 13.2. The molecule has 2 rings (SSSR count). The Kier molecular flexibility index (Phi) is 4.19. The van der Waals surface area contributed by atoms with E-state index < -0.39 is 0 Å². The first kappa shape index (κ1) is 13.3. The van der Waals surface area contributed by atoms with Gasteiger partial charge >= 0.3 is 0 Å². The van der Waals surface area contributed by atoms with Crippen molar-refractivity contribution in [3.05, 3.63) is 29.6 Å². The number of benzene rings is 1. The largest absolute Gasteiger partial charge is 0.490 e. The summed E-state index contributed by atoms with van der Waals surface area (Å²) in [5.41, 5.74) is 6.66. The molecule has 1 fully saturated rings. The molecule has 2 N–H and O–H groups in total. The minimum atomic E-state index is -0.310. The Morgan fingerprint density at radius 2 is 2.28 bits per heavy atom. The number of rotatable bonds is 4. The van der Waals surface area contributed by atoms with E-state index in [1.807, 2.05) is 6.92 Å². The lowest BCUT2D eigenvalue weighted by molar-refractivity contribution is 0.0261. The summed E-state index contributed by atoms with van der Waals surface area (Å²) in [4.78, 5) is 0. The highest BCUT2D eigenvalue weighted by molar-refractivity contribution is 5.36. The molecule has 1 saturated heterocycles. The Morgan fingerprint density at radius 3 is 2.89 bits per heavy atom. The van der Waals surface area contributed by atoms with Crippen LogP contribution in [0, 0.1) is 5.82 Å². The van der Waals surface area contributed by atoms with Gasteiger partial charge in [-0.1, -0.05) is 6.07 Å². The highest BCUT2D eigenvalue weighted by atomic mass is 19.1. The van der Waals surface area contributed by atoms with E-state index in [2.05, 4.69) is 6.92 Å². The van der Waals surface area contributed by atoms with Crippen LogP contribution in [0.15, 0.2) is 18.2 Å². The van der Waals surface area contributed by atoms with Crippen LogP contribution >= 0.6 is 0 Å². The molecular weight excluding hydrogens is 233 g/mol. The molecule has 3 atom stereocenters. The first-order valence-electron chi connectivity index (χ1n) is 6.39. The summed E-state index contributed by atoms with van der Waals surface area (Å²) in [5, 5.41) is 0. The highest BCUT2D eigenvalue weighted by Crippen LogP contribution is 2.26. The lowest BCUT2D eigenvalue weighted by Gasteiger charge is -2.17. The van der Waals surface area contributed by atoms with E-state index in [9.17, 15) is 4.39 Å². The second kappa shape index (κ2) is 5.67. The second-order valence-electron chi connectivity index (χ2n) is 4.93. The van der Waals surface area contributed by atoms with Crippen molar-refractivity contribution in [1.82, 2.24) is 0 Å². The maximum Gasteiger partial charge on any atom is 0.127 e. The van der Waals surface area contributed by atoms with Crippen molar-refractivity contribution in [1.29, 1.82) is 0 Å². The average molecular weight is 253 g/mol. The van der Waals surface area contributed by atoms with Gasteiger partial charge in [-0.15, -0.1) is 0 Å². The average Bonchev–Trinajstić information content (AvgIpc) is 2.72. The summed E-state index contributed by atoms with van der Waals surface area (Å²) in [6.45, 7) is 4.36. The molecule has 18 heavy (non-hydrogen) atoms. The predicted octanol–water partition coefficient (Wildman–Crippen LogP) is 2.79. The fourth-order valence-electron chi connectivity index (χ4n) is 2.20. The summed E-state index contributed by atoms with van der Waals surface area (Å²) in [5.74, 6) is 0.211. The van der Waals surface area contributed by atoms with E-state index >= 15 is 0 Å². The van der Waals surface area contributed by atoms with Crippen molar-refractivity contribution in [2.75, 3.05) is 6.61 Å². The zero-order chi connectivity index (χ0) is 13.1. The van der Waals surface area contributed by atoms with E-state index in [1.165, 1.54) is 12.1 Å². The van der Waals surface area contributed by atoms with Gasteiger partial charge in [0, 0.05) is 17.7 Å². The number of hydrogen-bond acceptors (Lipinski definition) is 3. The molecule has 0 radical (unpaired) electrons. The highest BCUT2D eigenvalue weighted by Gasteiger charge is 2.22. The van der Waals surface area contributed by atoms with Gasteiger partial charge in [0.05, 0.1) is 12.2 Å². The van der Waals surface area contributed by atoms with E-state index in [0.717, 1.165) is 18.4 Å². The van der Waals surface area contributed by atoms with Crippen LogP contribution in [0.1, 0.15) is 38.3 Å². The van der Waals surface area contributed by atoms with Gasteiger partial charge in [0.2, 0.25) is 0 Å². The monoisotopic (exact) mass is 253 g/mol. The molecule has 1 aromatic carbocycles. The smallest absolute Gasteiger partial charge is 0.127 e. The van der Waals surface area contributed by atoms with E-state index in [1.54, 1.807) is 6.07 Å². The van der Waals surface area contributed by atoms with Crippen molar-refractivity contribution in [3.8, 4) is 5.75 Å². The first-order valence-corrected chi connectivity index (χ1v) is 6.39. The molecule has 4 heteroatoms. The van der Waals surface area contributed by atoms with Crippen molar-refractivity contribution < 1.29 is 13.9 Å². The van der Waals surface area contributed by atoms with Crippen LogP contribution < -0.4 is 10.5 Å². The van der Waals surface area contributed by atoms with E-state index in [-0.39, 0.29) is 18.0 Å². The lowest BCUT2D eigenvalue weighted by atomic mass is 10.1. The molecule has 0 amide bonds. The van der Waals surface area contributed by atoms with Crippen LogP contribution in [0.2, 0.25) is 0 Å². The third kappa shape index (κ3) is 3.21. The molecular formula is C14H20FNO2. The van der Waals surface area contributed by atoms with Gasteiger partial charge in [-0.25, -0.2) is 4.39 Å². The quantitative estimate of drug-likeness (QED) is 0.897. The Balaban J connectivity index is 2.01. The molecule has 3 unspecified atom stereocenters. The third-order valence-electron chi connectivity index (χ3n) is 3.21. The molecule has 1 aliphatic rings. The second-order valence-corrected chi connectivity index (χ2v) is 4.93. The van der Waals surface area contributed by atoms with Gasteiger partial charge in [-0.2, -0.15) is 0 Å². The van der Waals surface area contributed by atoms with E-state index in [0.29, 0.717) is 18.5 Å². The first-order chi connectivity index (χ1) is 8.56. The molecule has 1 heterocycles. The number of hydrogen-bond donors (Lipinski definition) is 1. The fraction of sp³-hybridized carbons (Fsp3) is 0.571. The Bertz CT molecular complexity index is 409. The Morgan fingerprint density at radius 1 is 1.50 bits per heavy atom. The number of halogens is 1. The van der Waals surface area contributed by atoms with Gasteiger partial charge < -0.3 is 15.2 Å². The molecule has 0 spiro atoms. The van der Waals surface area contributed by atoms with Crippen LogP contribution in [-0.2, 0) is 4.74 Å². The number of ether oxygens (including phenoxy) is 2. The molecule has 0 saturated carbocycles. The van der Waals surface area contributed by atoms with Crippen LogP contribution in [0.5, 0.6) is 5.75 Å². The van der Waals surface area contributed by atoms with Gasteiger partial charge in [0.25, 0.3) is 0 Å². The summed E-state index contributed by atoms with van der Waals surface area (Å²) < 4.78 is 24.6. The minimum Gasteiger partial charge on any atom is -0.490 e. The normalized spacial score (nSPS) is 25.1. The van der Waals surface area contributed by atoms with Crippen molar-refractivity contribution >= 4 is 0 Å². The van der Waals surface area contributed by atoms with Crippen molar-refractivity contribution in [3.63, 3.8) is 0 Å². The van der Waals surface area contributed by atoms with Crippen LogP contribution in [0.4, 0.5) is 4.39 Å². The number of nitrogens with two attached hydrogens (primary N) is 1. The zero-order valence-electron chi connectivity index (χ0n) is 10.9. The summed E-state index contributed by atoms with van der Waals surface area (Å²) in [6.07, 6.45) is 2.43. The summed E-state index contributed by atoms with van der Waals surface area (Å²) in [7, 11) is 0. The summed E-state index contributed by atoms with van der Waals surface area (Å²) in [6, 6.07) is 4.29.